The van der Waals surface area contributed by atoms with Crippen LogP contribution in [-0.2, 0) is 0 Å². The summed E-state index contributed by atoms with van der Waals surface area (Å²) in [6, 6.07) is 2.01. The molecule has 0 amide bonds. The van der Waals surface area contributed by atoms with E-state index in [1.807, 2.05) is 12.3 Å². The van der Waals surface area contributed by atoms with Crippen LogP contribution < -0.4 is 10.6 Å². The Hall–Kier alpha value is -0.130. The first kappa shape index (κ1) is 12.3. The van der Waals surface area contributed by atoms with Crippen molar-refractivity contribution in [2.45, 2.75) is 25.3 Å². The van der Waals surface area contributed by atoms with Gasteiger partial charge in [-0.3, -0.25) is 0 Å². The summed E-state index contributed by atoms with van der Waals surface area (Å²) in [7, 11) is 0. The van der Waals surface area contributed by atoms with Gasteiger partial charge in [-0.15, -0.1) is 0 Å². The van der Waals surface area contributed by atoms with Gasteiger partial charge in [0.15, 0.2) is 0 Å². The Morgan fingerprint density at radius 3 is 2.69 bits per heavy atom. The van der Waals surface area contributed by atoms with Crippen LogP contribution in [-0.4, -0.2) is 23.6 Å². The highest BCUT2D eigenvalue weighted by molar-refractivity contribution is 9.11. The smallest absolute Gasteiger partial charge is 0.140 e. The first-order valence-corrected chi connectivity index (χ1v) is 6.98. The summed E-state index contributed by atoms with van der Waals surface area (Å²) < 4.78 is 1.99. The molecule has 2 N–H and O–H groups in total. The maximum atomic E-state index is 4.39. The second-order valence-electron chi connectivity index (χ2n) is 4.42. The third-order valence-corrected chi connectivity index (χ3v) is 3.97. The van der Waals surface area contributed by atoms with Crippen LogP contribution in [0.5, 0.6) is 0 Å². The molecule has 0 spiro atoms. The summed E-state index contributed by atoms with van der Waals surface area (Å²) in [5, 5.41) is 6.90. The van der Waals surface area contributed by atoms with E-state index in [-0.39, 0.29) is 5.54 Å². The summed E-state index contributed by atoms with van der Waals surface area (Å²) in [5.41, 5.74) is 0.147. The standard InChI is InChI=1S/C11H15Br2N3/c1-11(2-4-14-5-3-11)16-10-9(13)6-8(12)7-15-10/h6-7,14H,2-5H2,1H3,(H,15,16). The molecule has 0 unspecified atom stereocenters. The predicted octanol–water partition coefficient (Wildman–Crippen LogP) is 3.16. The molecular formula is C11H15Br2N3. The van der Waals surface area contributed by atoms with Gasteiger partial charge in [0.2, 0.25) is 0 Å². The fourth-order valence-electron chi connectivity index (χ4n) is 1.90. The lowest BCUT2D eigenvalue weighted by Gasteiger charge is -2.35. The second kappa shape index (κ2) is 5.02. The Bertz CT molecular complexity index is 375. The van der Waals surface area contributed by atoms with Gasteiger partial charge >= 0.3 is 0 Å². The SMILES string of the molecule is CC1(Nc2ncc(Br)cc2Br)CCNCC1. The zero-order chi connectivity index (χ0) is 11.6. The van der Waals surface area contributed by atoms with E-state index in [0.29, 0.717) is 0 Å². The maximum absolute atomic E-state index is 4.39. The maximum Gasteiger partial charge on any atom is 0.140 e. The Balaban J connectivity index is 2.13. The quantitative estimate of drug-likeness (QED) is 0.861. The van der Waals surface area contributed by atoms with Crippen LogP contribution in [0, 0.1) is 0 Å². The molecule has 0 atom stereocenters. The van der Waals surface area contributed by atoms with E-state index in [1.54, 1.807) is 0 Å². The van der Waals surface area contributed by atoms with Crippen LogP contribution in [0.25, 0.3) is 0 Å². The van der Waals surface area contributed by atoms with Gasteiger partial charge in [0.05, 0.1) is 4.47 Å². The minimum absolute atomic E-state index is 0.147. The summed E-state index contributed by atoms with van der Waals surface area (Å²) in [6.45, 7) is 4.39. The normalized spacial score (nSPS) is 19.4. The van der Waals surface area contributed by atoms with Crippen molar-refractivity contribution in [2.24, 2.45) is 0 Å². The average Bonchev–Trinajstić information content (AvgIpc) is 2.23. The Kier molecular flexibility index (Phi) is 3.87. The third kappa shape index (κ3) is 2.96. The number of pyridine rings is 1. The monoisotopic (exact) mass is 347 g/mol. The van der Waals surface area contributed by atoms with Crippen molar-refractivity contribution < 1.29 is 0 Å². The van der Waals surface area contributed by atoms with E-state index in [1.165, 1.54) is 0 Å². The van der Waals surface area contributed by atoms with Gasteiger partial charge in [-0.05, 0) is 70.8 Å². The number of anilines is 1. The van der Waals surface area contributed by atoms with Crippen LogP contribution in [0.1, 0.15) is 19.8 Å². The van der Waals surface area contributed by atoms with Crippen molar-refractivity contribution in [1.29, 1.82) is 0 Å². The van der Waals surface area contributed by atoms with Gasteiger partial charge in [0, 0.05) is 16.2 Å². The summed E-state index contributed by atoms with van der Waals surface area (Å²) in [4.78, 5) is 4.39. The molecule has 1 fully saturated rings. The molecule has 1 aromatic rings. The Morgan fingerprint density at radius 2 is 2.06 bits per heavy atom. The first-order chi connectivity index (χ1) is 7.59. The van der Waals surface area contributed by atoms with E-state index < -0.39 is 0 Å². The van der Waals surface area contributed by atoms with Gasteiger partial charge in [-0.25, -0.2) is 4.98 Å². The number of piperidine rings is 1. The van der Waals surface area contributed by atoms with Gasteiger partial charge < -0.3 is 10.6 Å². The highest BCUT2D eigenvalue weighted by atomic mass is 79.9. The van der Waals surface area contributed by atoms with E-state index >= 15 is 0 Å². The summed E-state index contributed by atoms with van der Waals surface area (Å²) in [5.74, 6) is 0.924. The van der Waals surface area contributed by atoms with E-state index in [4.69, 9.17) is 0 Å². The molecule has 2 heterocycles. The fraction of sp³-hybridized carbons (Fsp3) is 0.545. The second-order valence-corrected chi connectivity index (χ2v) is 6.19. The average molecular weight is 349 g/mol. The molecule has 3 nitrogen and oxygen atoms in total. The molecule has 0 saturated carbocycles. The highest BCUT2D eigenvalue weighted by Gasteiger charge is 2.27. The van der Waals surface area contributed by atoms with Crippen molar-refractivity contribution in [2.75, 3.05) is 18.4 Å². The van der Waals surface area contributed by atoms with Crippen molar-refractivity contribution in [1.82, 2.24) is 10.3 Å². The molecule has 5 heteroatoms. The van der Waals surface area contributed by atoms with Crippen molar-refractivity contribution in [3.8, 4) is 0 Å². The molecule has 16 heavy (non-hydrogen) atoms. The highest BCUT2D eigenvalue weighted by Crippen LogP contribution is 2.29. The van der Waals surface area contributed by atoms with E-state index in [0.717, 1.165) is 40.7 Å². The predicted molar refractivity (Wildman–Crippen MR) is 73.8 cm³/mol. The summed E-state index contributed by atoms with van der Waals surface area (Å²) >= 11 is 6.93. The van der Waals surface area contributed by atoms with Gasteiger partial charge in [-0.1, -0.05) is 0 Å². The molecule has 1 aliphatic heterocycles. The molecule has 0 aromatic carbocycles. The lowest BCUT2D eigenvalue weighted by atomic mass is 9.91. The molecule has 1 aromatic heterocycles. The summed E-state index contributed by atoms with van der Waals surface area (Å²) in [6.07, 6.45) is 4.06. The number of nitrogens with zero attached hydrogens (tertiary/aromatic N) is 1. The fourth-order valence-corrected chi connectivity index (χ4v) is 2.98. The largest absolute Gasteiger partial charge is 0.364 e. The number of rotatable bonds is 2. The first-order valence-electron chi connectivity index (χ1n) is 5.39. The van der Waals surface area contributed by atoms with Gasteiger partial charge in [0.1, 0.15) is 5.82 Å². The molecular weight excluding hydrogens is 334 g/mol. The minimum atomic E-state index is 0.147. The molecule has 88 valence electrons. The molecule has 1 saturated heterocycles. The third-order valence-electron chi connectivity index (χ3n) is 2.94. The van der Waals surface area contributed by atoms with E-state index in [9.17, 15) is 0 Å². The number of hydrogen-bond donors (Lipinski definition) is 2. The lowest BCUT2D eigenvalue weighted by Crippen LogP contribution is -2.45. The number of aromatic nitrogens is 1. The number of nitrogens with one attached hydrogen (secondary N) is 2. The van der Waals surface area contributed by atoms with Crippen LogP contribution in [0.4, 0.5) is 5.82 Å². The number of hydrogen-bond acceptors (Lipinski definition) is 3. The van der Waals surface area contributed by atoms with Crippen LogP contribution in [0.3, 0.4) is 0 Å². The molecule has 0 aliphatic carbocycles. The Morgan fingerprint density at radius 1 is 1.38 bits per heavy atom. The van der Waals surface area contributed by atoms with Crippen LogP contribution in [0.15, 0.2) is 21.2 Å². The van der Waals surface area contributed by atoms with Crippen molar-refractivity contribution in [3.05, 3.63) is 21.2 Å². The van der Waals surface area contributed by atoms with Crippen LogP contribution >= 0.6 is 31.9 Å². The number of halogens is 2. The topological polar surface area (TPSA) is 37.0 Å². The van der Waals surface area contributed by atoms with Gasteiger partial charge in [-0.2, -0.15) is 0 Å². The molecule has 0 bridgehead atoms. The molecule has 1 aliphatic rings. The van der Waals surface area contributed by atoms with Crippen molar-refractivity contribution >= 4 is 37.7 Å². The Labute approximate surface area is 113 Å². The van der Waals surface area contributed by atoms with E-state index in [2.05, 4.69) is 54.4 Å². The zero-order valence-electron chi connectivity index (χ0n) is 9.19. The van der Waals surface area contributed by atoms with Crippen molar-refractivity contribution in [3.63, 3.8) is 0 Å². The zero-order valence-corrected chi connectivity index (χ0v) is 12.4. The molecule has 0 radical (unpaired) electrons. The lowest BCUT2D eigenvalue weighted by molar-refractivity contribution is 0.364. The minimum Gasteiger partial charge on any atom is -0.364 e. The van der Waals surface area contributed by atoms with Crippen LogP contribution in [0.2, 0.25) is 0 Å². The molecule has 2 rings (SSSR count). The van der Waals surface area contributed by atoms with Gasteiger partial charge in [0.25, 0.3) is 0 Å².